The van der Waals surface area contributed by atoms with Gasteiger partial charge in [-0.25, -0.2) is 18.0 Å². The van der Waals surface area contributed by atoms with Gasteiger partial charge in [-0.2, -0.15) is 0 Å². The van der Waals surface area contributed by atoms with Crippen molar-refractivity contribution in [2.75, 3.05) is 18.6 Å². The van der Waals surface area contributed by atoms with Crippen LogP contribution in [-0.4, -0.2) is 49.6 Å². The van der Waals surface area contributed by atoms with Gasteiger partial charge in [-0.15, -0.1) is 0 Å². The van der Waals surface area contributed by atoms with Gasteiger partial charge in [-0.3, -0.25) is 0 Å². The van der Waals surface area contributed by atoms with Gasteiger partial charge in [0.1, 0.15) is 15.4 Å². The average Bonchev–Trinajstić information content (AvgIpc) is 2.34. The fraction of sp³-hybridized carbons (Fsp3) is 0.833. The Balaban J connectivity index is 2.41. The smallest absolute Gasteiger partial charge is 0.329 e. The summed E-state index contributed by atoms with van der Waals surface area (Å²) in [5.74, 6) is -1.01. The summed E-state index contributed by atoms with van der Waals surface area (Å²) in [6.45, 7) is 0.203. The van der Waals surface area contributed by atoms with Crippen LogP contribution in [0.15, 0.2) is 0 Å². The predicted octanol–water partition coefficient (Wildman–Crippen LogP) is 0.508. The van der Waals surface area contributed by atoms with E-state index in [0.29, 0.717) is 19.3 Å². The zero-order chi connectivity index (χ0) is 15.2. The van der Waals surface area contributed by atoms with Gasteiger partial charge in [-0.05, 0) is 19.3 Å². The molecule has 0 aliphatic heterocycles. The van der Waals surface area contributed by atoms with Crippen molar-refractivity contribution < 1.29 is 23.1 Å². The summed E-state index contributed by atoms with van der Waals surface area (Å²) >= 11 is 0. The maximum Gasteiger partial charge on any atom is 0.329 e. The Hall–Kier alpha value is -1.31. The minimum absolute atomic E-state index is 0.00263. The molecule has 0 aromatic rings. The van der Waals surface area contributed by atoms with Crippen molar-refractivity contribution in [2.24, 2.45) is 0 Å². The molecule has 1 saturated carbocycles. The number of carbonyl (C=O) groups is 2. The summed E-state index contributed by atoms with van der Waals surface area (Å²) in [6.07, 6.45) is 4.84. The van der Waals surface area contributed by atoms with Crippen LogP contribution in [0.4, 0.5) is 4.79 Å². The molecule has 0 saturated heterocycles. The van der Waals surface area contributed by atoms with E-state index in [1.165, 1.54) is 0 Å². The summed E-state index contributed by atoms with van der Waals surface area (Å²) < 4.78 is 21.9. The SMILES string of the molecule is CS(=O)(=O)CCCNC(=O)NC1(C(=O)O)CCCCC1. The van der Waals surface area contributed by atoms with E-state index in [1.54, 1.807) is 0 Å². The van der Waals surface area contributed by atoms with E-state index in [0.717, 1.165) is 25.5 Å². The van der Waals surface area contributed by atoms with E-state index >= 15 is 0 Å². The van der Waals surface area contributed by atoms with Crippen molar-refractivity contribution in [3.8, 4) is 0 Å². The molecule has 1 fully saturated rings. The number of nitrogens with one attached hydrogen (secondary N) is 2. The first-order chi connectivity index (χ1) is 9.25. The lowest BCUT2D eigenvalue weighted by molar-refractivity contribution is -0.145. The normalized spacial score (nSPS) is 18.2. The molecule has 3 N–H and O–H groups in total. The Morgan fingerprint density at radius 2 is 1.80 bits per heavy atom. The average molecular weight is 306 g/mol. The third-order valence-corrected chi connectivity index (χ3v) is 4.48. The number of rotatable bonds is 6. The Kier molecular flexibility index (Phi) is 5.79. The fourth-order valence-electron chi connectivity index (χ4n) is 2.35. The molecule has 0 atom stereocenters. The van der Waals surface area contributed by atoms with Crippen LogP contribution in [0, 0.1) is 0 Å². The molecule has 0 aromatic heterocycles. The van der Waals surface area contributed by atoms with E-state index in [2.05, 4.69) is 10.6 Å². The number of carboxylic acids is 1. The van der Waals surface area contributed by atoms with Crippen LogP contribution in [-0.2, 0) is 14.6 Å². The van der Waals surface area contributed by atoms with Crippen LogP contribution in [0.5, 0.6) is 0 Å². The number of hydrogen-bond acceptors (Lipinski definition) is 4. The lowest BCUT2D eigenvalue weighted by Crippen LogP contribution is -2.58. The Morgan fingerprint density at radius 1 is 1.20 bits per heavy atom. The summed E-state index contributed by atoms with van der Waals surface area (Å²) in [6, 6.07) is -0.553. The first-order valence-electron chi connectivity index (χ1n) is 6.72. The molecule has 2 amide bonds. The Bertz CT molecular complexity index is 454. The highest BCUT2D eigenvalue weighted by atomic mass is 32.2. The molecule has 1 aliphatic rings. The lowest BCUT2D eigenvalue weighted by Gasteiger charge is -2.33. The molecule has 20 heavy (non-hydrogen) atoms. The van der Waals surface area contributed by atoms with Crippen molar-refractivity contribution in [2.45, 2.75) is 44.1 Å². The molecule has 0 aromatic carbocycles. The molecule has 0 radical (unpaired) electrons. The molecule has 0 unspecified atom stereocenters. The molecule has 7 nitrogen and oxygen atoms in total. The maximum absolute atomic E-state index is 11.7. The first-order valence-corrected chi connectivity index (χ1v) is 8.78. The van der Waals surface area contributed by atoms with Crippen LogP contribution >= 0.6 is 0 Å². The quantitative estimate of drug-likeness (QED) is 0.619. The van der Waals surface area contributed by atoms with Gasteiger partial charge < -0.3 is 15.7 Å². The van der Waals surface area contributed by atoms with Crippen molar-refractivity contribution in [3.05, 3.63) is 0 Å². The highest BCUT2D eigenvalue weighted by Crippen LogP contribution is 2.28. The second-order valence-electron chi connectivity index (χ2n) is 5.31. The van der Waals surface area contributed by atoms with Crippen molar-refractivity contribution in [3.63, 3.8) is 0 Å². The third-order valence-electron chi connectivity index (χ3n) is 3.45. The third kappa shape index (κ3) is 5.36. The van der Waals surface area contributed by atoms with Crippen LogP contribution in [0.1, 0.15) is 38.5 Å². The number of aliphatic carboxylic acids is 1. The summed E-state index contributed by atoms with van der Waals surface area (Å²) in [4.78, 5) is 23.1. The van der Waals surface area contributed by atoms with Crippen molar-refractivity contribution in [1.82, 2.24) is 10.6 Å². The number of hydrogen-bond donors (Lipinski definition) is 3. The van der Waals surface area contributed by atoms with Crippen LogP contribution in [0.25, 0.3) is 0 Å². The molecule has 116 valence electrons. The number of urea groups is 1. The van der Waals surface area contributed by atoms with Gasteiger partial charge in [0.05, 0.1) is 5.75 Å². The van der Waals surface area contributed by atoms with Gasteiger partial charge in [0, 0.05) is 12.8 Å². The second-order valence-corrected chi connectivity index (χ2v) is 7.57. The van der Waals surface area contributed by atoms with E-state index in [9.17, 15) is 23.1 Å². The van der Waals surface area contributed by atoms with E-state index in [1.807, 2.05) is 0 Å². The van der Waals surface area contributed by atoms with Gasteiger partial charge in [0.2, 0.25) is 0 Å². The van der Waals surface area contributed by atoms with Crippen molar-refractivity contribution >= 4 is 21.8 Å². The van der Waals surface area contributed by atoms with Gasteiger partial charge in [0.15, 0.2) is 0 Å². The molecule has 0 spiro atoms. The Labute approximate surface area is 119 Å². The lowest BCUT2D eigenvalue weighted by atomic mass is 9.82. The molecular weight excluding hydrogens is 284 g/mol. The topological polar surface area (TPSA) is 113 Å². The zero-order valence-electron chi connectivity index (χ0n) is 11.6. The van der Waals surface area contributed by atoms with Gasteiger partial charge >= 0.3 is 12.0 Å². The Morgan fingerprint density at radius 3 is 2.30 bits per heavy atom. The molecule has 0 heterocycles. The van der Waals surface area contributed by atoms with Crippen LogP contribution in [0.2, 0.25) is 0 Å². The van der Waals surface area contributed by atoms with Gasteiger partial charge in [-0.1, -0.05) is 19.3 Å². The maximum atomic E-state index is 11.7. The zero-order valence-corrected chi connectivity index (χ0v) is 12.5. The summed E-state index contributed by atoms with van der Waals surface area (Å²) in [5, 5.41) is 14.3. The number of carbonyl (C=O) groups excluding carboxylic acids is 1. The second kappa shape index (κ2) is 6.92. The van der Waals surface area contributed by atoms with E-state index < -0.39 is 27.4 Å². The number of sulfone groups is 1. The molecule has 0 bridgehead atoms. The predicted molar refractivity (Wildman–Crippen MR) is 74.3 cm³/mol. The van der Waals surface area contributed by atoms with Crippen LogP contribution < -0.4 is 10.6 Å². The molecule has 1 rings (SSSR count). The highest BCUT2D eigenvalue weighted by molar-refractivity contribution is 7.90. The van der Waals surface area contributed by atoms with Crippen molar-refractivity contribution in [1.29, 1.82) is 0 Å². The summed E-state index contributed by atoms with van der Waals surface area (Å²) in [7, 11) is -3.04. The first kappa shape index (κ1) is 16.7. The largest absolute Gasteiger partial charge is 0.480 e. The molecule has 1 aliphatic carbocycles. The fourth-order valence-corrected chi connectivity index (χ4v) is 3.01. The summed E-state index contributed by atoms with van der Waals surface area (Å²) in [5.41, 5.74) is -1.18. The monoisotopic (exact) mass is 306 g/mol. The molecule has 8 heteroatoms. The highest BCUT2D eigenvalue weighted by Gasteiger charge is 2.40. The van der Waals surface area contributed by atoms with Gasteiger partial charge in [0.25, 0.3) is 0 Å². The minimum Gasteiger partial charge on any atom is -0.480 e. The number of carboxylic acid groups (broad SMARTS) is 1. The standard InChI is InChI=1S/C12H22N2O5S/c1-20(18,19)9-5-8-13-11(17)14-12(10(15)16)6-3-2-4-7-12/h2-9H2,1H3,(H,15,16)(H2,13,14,17). The van der Waals surface area contributed by atoms with E-state index in [4.69, 9.17) is 0 Å². The number of amides is 2. The van der Waals surface area contributed by atoms with Crippen LogP contribution in [0.3, 0.4) is 0 Å². The minimum atomic E-state index is -3.04. The van der Waals surface area contributed by atoms with E-state index in [-0.39, 0.29) is 12.3 Å². The molecular formula is C12H22N2O5S.